The summed E-state index contributed by atoms with van der Waals surface area (Å²) < 4.78 is 0. The van der Waals surface area contributed by atoms with Crippen molar-refractivity contribution >= 4 is 17.6 Å². The van der Waals surface area contributed by atoms with E-state index in [1.54, 1.807) is 0 Å². The van der Waals surface area contributed by atoms with Crippen LogP contribution in [0.5, 0.6) is 0 Å². The normalized spacial score (nSPS) is 23.3. The van der Waals surface area contributed by atoms with E-state index >= 15 is 0 Å². The Kier molecular flexibility index (Phi) is 4.69. The highest BCUT2D eigenvalue weighted by atomic mass is 35.5. The van der Waals surface area contributed by atoms with Crippen molar-refractivity contribution in [1.29, 1.82) is 0 Å². The fraction of sp³-hybridized carbons (Fsp3) is 0.588. The van der Waals surface area contributed by atoms with Gasteiger partial charge >= 0.3 is 6.03 Å². The molecule has 1 saturated carbocycles. The topological polar surface area (TPSA) is 32.3 Å². The molecule has 4 heteroatoms. The minimum atomic E-state index is 0.0873. The van der Waals surface area contributed by atoms with E-state index in [1.807, 2.05) is 29.2 Å². The molecule has 2 fully saturated rings. The lowest BCUT2D eigenvalue weighted by molar-refractivity contribution is 0.185. The predicted molar refractivity (Wildman–Crippen MR) is 85.5 cm³/mol. The number of carbonyl (C=O) groups excluding carboxylic acids is 1. The molecule has 0 radical (unpaired) electrons. The summed E-state index contributed by atoms with van der Waals surface area (Å²) in [5, 5.41) is 3.99. The second-order valence-corrected chi connectivity index (χ2v) is 6.56. The van der Waals surface area contributed by atoms with E-state index in [2.05, 4.69) is 5.32 Å². The Morgan fingerprint density at radius 2 is 1.86 bits per heavy atom. The summed E-state index contributed by atoms with van der Waals surface area (Å²) in [6, 6.07) is 8.46. The van der Waals surface area contributed by atoms with E-state index in [1.165, 1.54) is 19.3 Å². The van der Waals surface area contributed by atoms with Crippen molar-refractivity contribution in [2.24, 2.45) is 0 Å². The van der Waals surface area contributed by atoms with Gasteiger partial charge in [0.1, 0.15) is 0 Å². The van der Waals surface area contributed by atoms with Crippen molar-refractivity contribution in [3.05, 3.63) is 34.9 Å². The zero-order valence-electron chi connectivity index (χ0n) is 12.4. The van der Waals surface area contributed by atoms with Gasteiger partial charge in [0, 0.05) is 17.6 Å². The molecule has 2 amide bonds. The predicted octanol–water partition coefficient (Wildman–Crippen LogP) is 4.52. The molecule has 1 aromatic rings. The number of amides is 2. The number of halogens is 1. The van der Waals surface area contributed by atoms with Crippen LogP contribution in [0.15, 0.2) is 24.3 Å². The number of nitrogens with zero attached hydrogens (tertiary/aromatic N) is 1. The van der Waals surface area contributed by atoms with Crippen LogP contribution in [0.2, 0.25) is 5.02 Å². The largest absolute Gasteiger partial charge is 0.335 e. The number of nitrogens with one attached hydrogen (secondary N) is 1. The maximum atomic E-state index is 12.6. The molecule has 114 valence electrons. The summed E-state index contributed by atoms with van der Waals surface area (Å²) in [7, 11) is 0. The quantitative estimate of drug-likeness (QED) is 0.856. The van der Waals surface area contributed by atoms with Gasteiger partial charge in [-0.1, -0.05) is 49.1 Å². The van der Waals surface area contributed by atoms with Crippen LogP contribution in [-0.4, -0.2) is 23.5 Å². The summed E-state index contributed by atoms with van der Waals surface area (Å²) >= 11 is 6.31. The van der Waals surface area contributed by atoms with Gasteiger partial charge in [-0.2, -0.15) is 0 Å². The third-order valence-electron chi connectivity index (χ3n) is 4.71. The zero-order valence-corrected chi connectivity index (χ0v) is 13.1. The van der Waals surface area contributed by atoms with Gasteiger partial charge in [-0.15, -0.1) is 0 Å². The zero-order chi connectivity index (χ0) is 14.7. The monoisotopic (exact) mass is 306 g/mol. The number of hydrogen-bond donors (Lipinski definition) is 1. The average Bonchev–Trinajstić information content (AvgIpc) is 2.98. The first-order valence-electron chi connectivity index (χ1n) is 8.07. The van der Waals surface area contributed by atoms with Gasteiger partial charge in [0.15, 0.2) is 0 Å². The maximum absolute atomic E-state index is 12.6. The molecule has 21 heavy (non-hydrogen) atoms. The van der Waals surface area contributed by atoms with Crippen LogP contribution in [0.25, 0.3) is 0 Å². The lowest BCUT2D eigenvalue weighted by Crippen LogP contribution is -2.45. The van der Waals surface area contributed by atoms with E-state index in [0.29, 0.717) is 6.04 Å². The molecule has 1 saturated heterocycles. The Labute approximate surface area is 131 Å². The average molecular weight is 307 g/mol. The van der Waals surface area contributed by atoms with Crippen LogP contribution < -0.4 is 5.32 Å². The van der Waals surface area contributed by atoms with Crippen LogP contribution in [-0.2, 0) is 0 Å². The highest BCUT2D eigenvalue weighted by Crippen LogP contribution is 2.35. The van der Waals surface area contributed by atoms with Crippen molar-refractivity contribution < 1.29 is 4.79 Å². The summed E-state index contributed by atoms with van der Waals surface area (Å²) in [4.78, 5) is 14.5. The van der Waals surface area contributed by atoms with Crippen LogP contribution >= 0.6 is 11.6 Å². The first-order valence-corrected chi connectivity index (χ1v) is 8.45. The van der Waals surface area contributed by atoms with E-state index < -0.39 is 0 Å². The van der Waals surface area contributed by atoms with Gasteiger partial charge in [0.2, 0.25) is 0 Å². The fourth-order valence-electron chi connectivity index (χ4n) is 3.58. The lowest BCUT2D eigenvalue weighted by atomic mass is 9.96. The van der Waals surface area contributed by atoms with Gasteiger partial charge in [-0.25, -0.2) is 4.79 Å². The van der Waals surface area contributed by atoms with Crippen LogP contribution in [0.1, 0.15) is 56.6 Å². The number of hydrogen-bond acceptors (Lipinski definition) is 1. The summed E-state index contributed by atoms with van der Waals surface area (Å²) in [6.07, 6.45) is 8.07. The minimum Gasteiger partial charge on any atom is -0.335 e. The number of carbonyl (C=O) groups is 1. The maximum Gasteiger partial charge on any atom is 0.318 e. The second-order valence-electron chi connectivity index (χ2n) is 6.16. The Balaban J connectivity index is 1.68. The number of benzene rings is 1. The highest BCUT2D eigenvalue weighted by Gasteiger charge is 2.32. The van der Waals surface area contributed by atoms with Crippen molar-refractivity contribution in [1.82, 2.24) is 10.2 Å². The standard InChI is InChI=1S/C17H23ClN2O/c18-15-10-5-4-9-14(15)16-11-6-12-20(16)17(21)19-13-7-2-1-3-8-13/h4-5,9-10,13,16H,1-3,6-8,11-12H2,(H,19,21)/t16-/m1/s1. The van der Waals surface area contributed by atoms with Gasteiger partial charge in [-0.3, -0.25) is 0 Å². The molecular weight excluding hydrogens is 284 g/mol. The van der Waals surface area contributed by atoms with Crippen LogP contribution in [0, 0.1) is 0 Å². The third kappa shape index (κ3) is 3.34. The molecule has 3 nitrogen and oxygen atoms in total. The number of likely N-dealkylation sites (tertiary alicyclic amines) is 1. The molecule has 0 unspecified atom stereocenters. The Morgan fingerprint density at radius 1 is 1.10 bits per heavy atom. The third-order valence-corrected chi connectivity index (χ3v) is 5.05. The van der Waals surface area contributed by atoms with Gasteiger partial charge < -0.3 is 10.2 Å². The fourth-order valence-corrected chi connectivity index (χ4v) is 3.84. The molecule has 0 aromatic heterocycles. The van der Waals surface area contributed by atoms with Crippen molar-refractivity contribution in [2.45, 2.75) is 57.0 Å². The number of urea groups is 1. The molecule has 1 aliphatic heterocycles. The highest BCUT2D eigenvalue weighted by molar-refractivity contribution is 6.31. The van der Waals surface area contributed by atoms with Gasteiger partial charge in [0.25, 0.3) is 0 Å². The van der Waals surface area contributed by atoms with Crippen molar-refractivity contribution in [2.75, 3.05) is 6.54 Å². The number of rotatable bonds is 2. The van der Waals surface area contributed by atoms with Crippen LogP contribution in [0.4, 0.5) is 4.79 Å². The first-order chi connectivity index (χ1) is 10.3. The molecule has 3 rings (SSSR count). The molecule has 1 atom stereocenters. The van der Waals surface area contributed by atoms with E-state index in [-0.39, 0.29) is 12.1 Å². The van der Waals surface area contributed by atoms with Gasteiger partial charge in [0.05, 0.1) is 6.04 Å². The Morgan fingerprint density at radius 3 is 2.62 bits per heavy atom. The van der Waals surface area contributed by atoms with Crippen molar-refractivity contribution in [3.8, 4) is 0 Å². The van der Waals surface area contributed by atoms with Crippen molar-refractivity contribution in [3.63, 3.8) is 0 Å². The Bertz CT molecular complexity index is 499. The summed E-state index contributed by atoms with van der Waals surface area (Å²) in [5.41, 5.74) is 1.08. The molecule has 1 aliphatic carbocycles. The van der Waals surface area contributed by atoms with E-state index in [9.17, 15) is 4.79 Å². The molecule has 2 aliphatic rings. The molecule has 1 aromatic carbocycles. The summed E-state index contributed by atoms with van der Waals surface area (Å²) in [5.74, 6) is 0. The van der Waals surface area contributed by atoms with E-state index in [0.717, 1.165) is 42.8 Å². The van der Waals surface area contributed by atoms with Crippen LogP contribution in [0.3, 0.4) is 0 Å². The SMILES string of the molecule is O=C(NC1CCCCC1)N1CCC[C@@H]1c1ccccc1Cl. The summed E-state index contributed by atoms with van der Waals surface area (Å²) in [6.45, 7) is 0.828. The first kappa shape index (κ1) is 14.7. The lowest BCUT2D eigenvalue weighted by Gasteiger charge is -2.30. The Hall–Kier alpha value is -1.22. The smallest absolute Gasteiger partial charge is 0.318 e. The van der Waals surface area contributed by atoms with Gasteiger partial charge in [-0.05, 0) is 37.3 Å². The molecule has 1 heterocycles. The molecule has 1 N–H and O–H groups in total. The molecule has 0 bridgehead atoms. The molecular formula is C17H23ClN2O. The minimum absolute atomic E-state index is 0.0873. The second kappa shape index (κ2) is 6.69. The molecule has 0 spiro atoms. The van der Waals surface area contributed by atoms with E-state index in [4.69, 9.17) is 11.6 Å².